The molecule has 0 aliphatic rings. The zero-order valence-electron chi connectivity index (χ0n) is 15.5. The topological polar surface area (TPSA) is 72.7 Å². The number of carbonyl (C=O) groups excluding carboxylic acids is 1. The minimum atomic E-state index is -5.06. The average molecular weight is 555 g/mol. The third-order valence-electron chi connectivity index (χ3n) is 4.08. The van der Waals surface area contributed by atoms with Gasteiger partial charge >= 0.3 is 12.4 Å². The maximum Gasteiger partial charge on any atom is 0.416 e. The Bertz CT molecular complexity index is 1080. The van der Waals surface area contributed by atoms with E-state index >= 15 is 0 Å². The summed E-state index contributed by atoms with van der Waals surface area (Å²) in [5, 5.41) is 6.37. The highest BCUT2D eigenvalue weighted by Gasteiger charge is 2.37. The summed E-state index contributed by atoms with van der Waals surface area (Å²) < 4.78 is 80.3. The van der Waals surface area contributed by atoms with Crippen LogP contribution in [-0.2, 0) is 12.4 Å². The van der Waals surface area contributed by atoms with E-state index in [0.717, 1.165) is 3.57 Å². The number of carbonyl (C=O) groups is 1. The van der Waals surface area contributed by atoms with Gasteiger partial charge in [0, 0.05) is 15.3 Å². The van der Waals surface area contributed by atoms with Crippen molar-refractivity contribution in [3.05, 3.63) is 68.9 Å². The molecule has 31 heavy (non-hydrogen) atoms. The van der Waals surface area contributed by atoms with Gasteiger partial charge in [-0.1, -0.05) is 0 Å². The Morgan fingerprint density at radius 3 is 2.19 bits per heavy atom. The van der Waals surface area contributed by atoms with Gasteiger partial charge in [0.05, 0.1) is 17.2 Å². The van der Waals surface area contributed by atoms with Gasteiger partial charge in [0.2, 0.25) is 0 Å². The first kappa shape index (κ1) is 23.0. The quantitative estimate of drug-likeness (QED) is 0.371. The van der Waals surface area contributed by atoms with Crippen LogP contribution in [0.2, 0.25) is 0 Å². The van der Waals surface area contributed by atoms with E-state index in [1.165, 1.54) is 24.1 Å². The number of pyridine rings is 1. The lowest BCUT2D eigenvalue weighted by atomic mass is 10.0. The van der Waals surface area contributed by atoms with E-state index in [1.807, 2.05) is 0 Å². The normalized spacial score (nSPS) is 13.2. The molecule has 0 unspecified atom stereocenters. The number of hydrogen-bond acceptors (Lipinski definition) is 4. The summed E-state index contributed by atoms with van der Waals surface area (Å²) in [5.41, 5.74) is -3.94. The van der Waals surface area contributed by atoms with Gasteiger partial charge in [-0.05, 0) is 59.8 Å². The fourth-order valence-corrected chi connectivity index (χ4v) is 3.10. The number of nitrogens with zero attached hydrogens (tertiary/aromatic N) is 4. The van der Waals surface area contributed by atoms with E-state index in [9.17, 15) is 31.1 Å². The molecular weight excluding hydrogens is 543 g/mol. The molecule has 0 fully saturated rings. The Morgan fingerprint density at radius 2 is 1.65 bits per heavy atom. The Kier molecular flexibility index (Phi) is 6.25. The molecule has 13 heteroatoms. The van der Waals surface area contributed by atoms with Crippen LogP contribution < -0.4 is 5.32 Å². The number of amides is 1. The Hall–Kier alpha value is -2.71. The van der Waals surface area contributed by atoms with Crippen molar-refractivity contribution in [2.45, 2.75) is 25.3 Å². The van der Waals surface area contributed by atoms with E-state index in [-0.39, 0.29) is 11.9 Å². The first-order valence-corrected chi connectivity index (χ1v) is 9.56. The maximum absolute atomic E-state index is 13.0. The van der Waals surface area contributed by atoms with E-state index in [0.29, 0.717) is 18.0 Å². The van der Waals surface area contributed by atoms with Crippen LogP contribution in [0.5, 0.6) is 0 Å². The Morgan fingerprint density at radius 1 is 1.03 bits per heavy atom. The molecule has 2 heterocycles. The highest BCUT2D eigenvalue weighted by molar-refractivity contribution is 14.1. The summed E-state index contributed by atoms with van der Waals surface area (Å²) in [4.78, 5) is 20.6. The van der Waals surface area contributed by atoms with E-state index < -0.39 is 41.0 Å². The number of hydrogen-bond donors (Lipinski definition) is 1. The summed E-state index contributed by atoms with van der Waals surface area (Å²) in [7, 11) is 0. The zero-order chi connectivity index (χ0) is 23.0. The van der Waals surface area contributed by atoms with Crippen LogP contribution >= 0.6 is 22.6 Å². The molecule has 1 aromatic carbocycles. The van der Waals surface area contributed by atoms with Crippen molar-refractivity contribution in [3.63, 3.8) is 0 Å². The first-order valence-electron chi connectivity index (χ1n) is 8.48. The van der Waals surface area contributed by atoms with Gasteiger partial charge in [-0.3, -0.25) is 4.79 Å². The Labute approximate surface area is 184 Å². The molecule has 164 valence electrons. The molecule has 3 rings (SSSR count). The van der Waals surface area contributed by atoms with Gasteiger partial charge < -0.3 is 5.32 Å². The summed E-state index contributed by atoms with van der Waals surface area (Å²) >= 11 is 2.05. The van der Waals surface area contributed by atoms with Gasteiger partial charge in [0.25, 0.3) is 5.91 Å². The molecule has 0 bridgehead atoms. The van der Waals surface area contributed by atoms with Crippen molar-refractivity contribution in [1.82, 2.24) is 25.1 Å². The molecule has 1 N–H and O–H groups in total. The predicted molar refractivity (Wildman–Crippen MR) is 104 cm³/mol. The molecule has 0 saturated heterocycles. The van der Waals surface area contributed by atoms with Crippen LogP contribution in [0.3, 0.4) is 0 Å². The lowest BCUT2D eigenvalue weighted by Crippen LogP contribution is -2.29. The van der Waals surface area contributed by atoms with Crippen LogP contribution in [0.4, 0.5) is 26.3 Å². The number of halogens is 7. The molecule has 3 aromatic rings. The molecule has 1 amide bonds. The Balaban J connectivity index is 1.91. The second kappa shape index (κ2) is 8.43. The average Bonchev–Trinajstić information content (AvgIpc) is 3.16. The minimum Gasteiger partial charge on any atom is -0.342 e. The molecule has 0 saturated carbocycles. The molecule has 2 aromatic heterocycles. The van der Waals surface area contributed by atoms with E-state index in [4.69, 9.17) is 0 Å². The SMILES string of the molecule is C[C@H](NC(=O)c1cc(C(F)(F)F)cc(C(F)(F)F)c1)c1ncnn1-c1cc(I)ccn1. The maximum atomic E-state index is 13.0. The smallest absolute Gasteiger partial charge is 0.342 e. The van der Waals surface area contributed by atoms with Crippen LogP contribution in [0.1, 0.15) is 40.3 Å². The summed E-state index contributed by atoms with van der Waals surface area (Å²) in [5.74, 6) is -0.570. The third kappa shape index (κ3) is 5.32. The molecular formula is C18H12F6IN5O. The molecule has 0 radical (unpaired) electrons. The fourth-order valence-electron chi connectivity index (χ4n) is 2.66. The molecule has 0 aliphatic carbocycles. The highest BCUT2D eigenvalue weighted by atomic mass is 127. The third-order valence-corrected chi connectivity index (χ3v) is 4.75. The van der Waals surface area contributed by atoms with E-state index in [1.54, 1.807) is 12.1 Å². The standard InChI is InChI=1S/C18H12F6IN5O/c1-9(15-27-8-28-30(15)14-7-13(25)2-3-26-14)29-16(31)10-4-11(17(19,20)21)6-12(5-10)18(22,23)24/h2-9H,1H3,(H,29,31)/t9-/m0/s1. The van der Waals surface area contributed by atoms with Crippen molar-refractivity contribution in [2.24, 2.45) is 0 Å². The van der Waals surface area contributed by atoms with Gasteiger partial charge in [-0.15, -0.1) is 0 Å². The lowest BCUT2D eigenvalue weighted by molar-refractivity contribution is -0.143. The number of benzene rings is 1. The van der Waals surface area contributed by atoms with Crippen LogP contribution in [0, 0.1) is 3.57 Å². The molecule has 1 atom stereocenters. The summed E-state index contributed by atoms with van der Waals surface area (Å²) in [6, 6.07) is 3.19. The van der Waals surface area contributed by atoms with Gasteiger partial charge in [0.15, 0.2) is 11.6 Å². The van der Waals surface area contributed by atoms with E-state index in [2.05, 4.69) is 43.0 Å². The number of rotatable bonds is 4. The van der Waals surface area contributed by atoms with Gasteiger partial charge in [-0.2, -0.15) is 36.1 Å². The second-order valence-electron chi connectivity index (χ2n) is 6.35. The van der Waals surface area contributed by atoms with Crippen molar-refractivity contribution in [1.29, 1.82) is 0 Å². The summed E-state index contributed by atoms with van der Waals surface area (Å²) in [6.45, 7) is 1.46. The molecule has 0 aliphatic heterocycles. The molecule has 6 nitrogen and oxygen atoms in total. The second-order valence-corrected chi connectivity index (χ2v) is 7.60. The number of alkyl halides is 6. The molecule has 0 spiro atoms. The van der Waals surface area contributed by atoms with Crippen molar-refractivity contribution in [3.8, 4) is 5.82 Å². The zero-order valence-corrected chi connectivity index (χ0v) is 17.6. The van der Waals surface area contributed by atoms with Gasteiger partial charge in [-0.25, -0.2) is 9.97 Å². The van der Waals surface area contributed by atoms with Crippen LogP contribution in [0.25, 0.3) is 5.82 Å². The van der Waals surface area contributed by atoms with Crippen LogP contribution in [0.15, 0.2) is 42.9 Å². The van der Waals surface area contributed by atoms with Crippen molar-refractivity contribution in [2.75, 3.05) is 0 Å². The minimum absolute atomic E-state index is 0.0421. The lowest BCUT2D eigenvalue weighted by Gasteiger charge is -2.17. The monoisotopic (exact) mass is 555 g/mol. The van der Waals surface area contributed by atoms with Gasteiger partial charge in [0.1, 0.15) is 6.33 Å². The highest BCUT2D eigenvalue weighted by Crippen LogP contribution is 2.36. The van der Waals surface area contributed by atoms with Crippen molar-refractivity contribution < 1.29 is 31.1 Å². The number of nitrogens with one attached hydrogen (secondary N) is 1. The number of aromatic nitrogens is 4. The predicted octanol–water partition coefficient (Wildman–Crippen LogP) is 4.80. The van der Waals surface area contributed by atoms with Crippen LogP contribution in [-0.4, -0.2) is 25.7 Å². The first-order chi connectivity index (χ1) is 14.4. The fraction of sp³-hybridized carbons (Fsp3) is 0.222. The largest absolute Gasteiger partial charge is 0.416 e. The van der Waals surface area contributed by atoms with Crippen molar-refractivity contribution >= 4 is 28.5 Å². The summed E-state index contributed by atoms with van der Waals surface area (Å²) in [6.07, 6.45) is -7.41.